The Morgan fingerprint density at radius 3 is 2.40 bits per heavy atom. The number of benzene rings is 1. The quantitative estimate of drug-likeness (QED) is 0.204. The van der Waals surface area contributed by atoms with Gasteiger partial charge in [0.15, 0.2) is 5.96 Å². The van der Waals surface area contributed by atoms with Gasteiger partial charge in [-0.05, 0) is 31.9 Å². The Morgan fingerprint density at radius 2 is 1.76 bits per heavy atom. The van der Waals surface area contributed by atoms with E-state index in [-0.39, 0.29) is 48.3 Å². The molecule has 1 fully saturated rings. The van der Waals surface area contributed by atoms with Gasteiger partial charge in [-0.2, -0.15) is 0 Å². The van der Waals surface area contributed by atoms with Crippen LogP contribution in [-0.4, -0.2) is 44.0 Å². The molecule has 0 radical (unpaired) electrons. The van der Waals surface area contributed by atoms with Crippen molar-refractivity contribution in [2.45, 2.75) is 19.8 Å². The number of nitrogens with one attached hydrogen (secondary N) is 4. The van der Waals surface area contributed by atoms with Gasteiger partial charge in [-0.15, -0.1) is 24.0 Å². The zero-order chi connectivity index (χ0) is 17.2. The topological polar surface area (TPSA) is 94.6 Å². The van der Waals surface area contributed by atoms with E-state index in [1.807, 2.05) is 37.3 Å². The molecule has 8 heteroatoms. The highest BCUT2D eigenvalue weighted by atomic mass is 127. The summed E-state index contributed by atoms with van der Waals surface area (Å²) in [6, 6.07) is 9.27. The fourth-order valence-corrected chi connectivity index (χ4v) is 2.07. The third-order valence-electron chi connectivity index (χ3n) is 3.45. The average molecular weight is 459 g/mol. The second kappa shape index (κ2) is 11.7. The van der Waals surface area contributed by atoms with E-state index in [9.17, 15) is 9.59 Å². The molecule has 0 unspecified atom stereocenters. The maximum absolute atomic E-state index is 11.9. The van der Waals surface area contributed by atoms with Crippen LogP contribution in [0.4, 0.5) is 5.69 Å². The molecule has 0 heterocycles. The van der Waals surface area contributed by atoms with Crippen LogP contribution in [0.1, 0.15) is 19.8 Å². The number of guanidine groups is 1. The fourth-order valence-electron chi connectivity index (χ4n) is 2.07. The molecule has 1 aromatic carbocycles. The van der Waals surface area contributed by atoms with E-state index >= 15 is 0 Å². The van der Waals surface area contributed by atoms with Crippen LogP contribution in [0, 0.1) is 5.92 Å². The smallest absolute Gasteiger partial charge is 0.246 e. The lowest BCUT2D eigenvalue weighted by atomic mass is 10.3. The molecule has 7 nitrogen and oxygen atoms in total. The summed E-state index contributed by atoms with van der Waals surface area (Å²) in [5.74, 6) is 0.719. The summed E-state index contributed by atoms with van der Waals surface area (Å²) in [6.45, 7) is 3.77. The summed E-state index contributed by atoms with van der Waals surface area (Å²) < 4.78 is 0. The first-order valence-electron chi connectivity index (χ1n) is 8.34. The first-order valence-corrected chi connectivity index (χ1v) is 8.34. The van der Waals surface area contributed by atoms with E-state index in [1.165, 1.54) is 0 Å². The molecule has 1 aliphatic carbocycles. The van der Waals surface area contributed by atoms with E-state index in [1.54, 1.807) is 0 Å². The van der Waals surface area contributed by atoms with Crippen LogP contribution in [0.15, 0.2) is 35.3 Å². The molecule has 0 saturated heterocycles. The molecule has 25 heavy (non-hydrogen) atoms. The van der Waals surface area contributed by atoms with Gasteiger partial charge in [0.25, 0.3) is 0 Å². The van der Waals surface area contributed by atoms with Gasteiger partial charge in [0, 0.05) is 31.2 Å². The minimum absolute atomic E-state index is 0. The number of para-hydroxylation sites is 1. The SMILES string of the molecule is CCNC(=NCC(=O)Nc1ccccc1)NCCNC(=O)C1CC1.I. The second-order valence-corrected chi connectivity index (χ2v) is 5.60. The number of halogens is 1. The molecular weight excluding hydrogens is 433 g/mol. The molecule has 2 rings (SSSR count). The van der Waals surface area contributed by atoms with Gasteiger partial charge in [-0.3, -0.25) is 9.59 Å². The minimum atomic E-state index is -0.180. The number of rotatable bonds is 8. The Kier molecular flexibility index (Phi) is 9.90. The van der Waals surface area contributed by atoms with Gasteiger partial charge < -0.3 is 21.3 Å². The number of hydrogen-bond donors (Lipinski definition) is 4. The Labute approximate surface area is 165 Å². The summed E-state index contributed by atoms with van der Waals surface area (Å²) in [6.07, 6.45) is 2.00. The Bertz CT molecular complexity index is 576. The van der Waals surface area contributed by atoms with Gasteiger partial charge >= 0.3 is 0 Å². The largest absolute Gasteiger partial charge is 0.357 e. The van der Waals surface area contributed by atoms with Gasteiger partial charge in [-0.25, -0.2) is 4.99 Å². The van der Waals surface area contributed by atoms with E-state index < -0.39 is 0 Å². The van der Waals surface area contributed by atoms with Gasteiger partial charge in [-0.1, -0.05) is 18.2 Å². The second-order valence-electron chi connectivity index (χ2n) is 5.60. The molecule has 138 valence electrons. The maximum atomic E-state index is 11.9. The van der Waals surface area contributed by atoms with Crippen LogP contribution >= 0.6 is 24.0 Å². The van der Waals surface area contributed by atoms with Crippen LogP contribution in [0.2, 0.25) is 0 Å². The normalized spacial score (nSPS) is 13.4. The molecule has 4 N–H and O–H groups in total. The van der Waals surface area contributed by atoms with Crippen molar-refractivity contribution in [2.75, 3.05) is 31.5 Å². The fraction of sp³-hybridized carbons (Fsp3) is 0.471. The predicted molar refractivity (Wildman–Crippen MR) is 110 cm³/mol. The van der Waals surface area contributed by atoms with E-state index in [0.29, 0.717) is 25.6 Å². The standard InChI is InChI=1S/C17H25N5O2.HI/c1-2-18-17(20-11-10-19-16(24)13-8-9-13)21-12-15(23)22-14-6-4-3-5-7-14;/h3-7,13H,2,8-12H2,1H3,(H,19,24)(H,22,23)(H2,18,20,21);1H. The molecule has 0 spiro atoms. The number of carbonyl (C=O) groups is 2. The van der Waals surface area contributed by atoms with E-state index in [2.05, 4.69) is 26.3 Å². The molecule has 0 aromatic heterocycles. The van der Waals surface area contributed by atoms with Crippen molar-refractivity contribution < 1.29 is 9.59 Å². The van der Waals surface area contributed by atoms with E-state index in [0.717, 1.165) is 18.5 Å². The summed E-state index contributed by atoms with van der Waals surface area (Å²) >= 11 is 0. The molecule has 0 aliphatic heterocycles. The summed E-state index contributed by atoms with van der Waals surface area (Å²) in [4.78, 5) is 27.7. The molecule has 0 bridgehead atoms. The maximum Gasteiger partial charge on any atom is 0.246 e. The van der Waals surface area contributed by atoms with Gasteiger partial charge in [0.1, 0.15) is 6.54 Å². The molecule has 1 aromatic rings. The average Bonchev–Trinajstić information content (AvgIpc) is 3.42. The highest BCUT2D eigenvalue weighted by Gasteiger charge is 2.28. The molecule has 1 aliphatic rings. The monoisotopic (exact) mass is 459 g/mol. The highest BCUT2D eigenvalue weighted by molar-refractivity contribution is 14.0. The van der Waals surface area contributed by atoms with Crippen LogP contribution in [-0.2, 0) is 9.59 Å². The number of amides is 2. The van der Waals surface area contributed by atoms with Crippen molar-refractivity contribution in [3.8, 4) is 0 Å². The van der Waals surface area contributed by atoms with Crippen molar-refractivity contribution >= 4 is 47.4 Å². The molecule has 0 atom stereocenters. The van der Waals surface area contributed by atoms with Crippen LogP contribution in [0.5, 0.6) is 0 Å². The lowest BCUT2D eigenvalue weighted by molar-refractivity contribution is -0.122. The van der Waals surface area contributed by atoms with Crippen LogP contribution in [0.3, 0.4) is 0 Å². The van der Waals surface area contributed by atoms with Crippen molar-refractivity contribution in [1.82, 2.24) is 16.0 Å². The summed E-state index contributed by atoms with van der Waals surface area (Å²) in [5.41, 5.74) is 0.749. The molecule has 1 saturated carbocycles. The zero-order valence-electron chi connectivity index (χ0n) is 14.4. The van der Waals surface area contributed by atoms with Gasteiger partial charge in [0.05, 0.1) is 0 Å². The third-order valence-corrected chi connectivity index (χ3v) is 3.45. The first kappa shape index (κ1) is 21.2. The highest BCUT2D eigenvalue weighted by Crippen LogP contribution is 2.28. The lowest BCUT2D eigenvalue weighted by Gasteiger charge is -2.12. The minimum Gasteiger partial charge on any atom is -0.357 e. The molecule has 2 amide bonds. The Hall–Kier alpha value is -1.84. The van der Waals surface area contributed by atoms with Crippen molar-refractivity contribution in [1.29, 1.82) is 0 Å². The number of anilines is 1. The zero-order valence-corrected chi connectivity index (χ0v) is 16.7. The van der Waals surface area contributed by atoms with Crippen molar-refractivity contribution in [2.24, 2.45) is 10.9 Å². The summed E-state index contributed by atoms with van der Waals surface area (Å²) in [5, 5.41) is 11.8. The van der Waals surface area contributed by atoms with Gasteiger partial charge in [0.2, 0.25) is 11.8 Å². The summed E-state index contributed by atoms with van der Waals surface area (Å²) in [7, 11) is 0. The van der Waals surface area contributed by atoms with E-state index in [4.69, 9.17) is 0 Å². The van der Waals surface area contributed by atoms with Crippen molar-refractivity contribution in [3.05, 3.63) is 30.3 Å². The Balaban J connectivity index is 0.00000312. The third kappa shape index (κ3) is 8.71. The van der Waals surface area contributed by atoms with Crippen molar-refractivity contribution in [3.63, 3.8) is 0 Å². The first-order chi connectivity index (χ1) is 11.7. The lowest BCUT2D eigenvalue weighted by Crippen LogP contribution is -2.42. The number of carbonyl (C=O) groups excluding carboxylic acids is 2. The Morgan fingerprint density at radius 1 is 1.08 bits per heavy atom. The predicted octanol–water partition coefficient (Wildman–Crippen LogP) is 1.32. The number of nitrogens with zero attached hydrogens (tertiary/aromatic N) is 1. The van der Waals surface area contributed by atoms with Crippen LogP contribution < -0.4 is 21.3 Å². The number of aliphatic imine (C=N–C) groups is 1. The molecular formula is C17H26IN5O2. The number of hydrogen-bond acceptors (Lipinski definition) is 3. The van der Waals surface area contributed by atoms with Crippen LogP contribution in [0.25, 0.3) is 0 Å².